The molecule has 2 aromatic heterocycles. The number of hydrogen-bond donors (Lipinski definition) is 1. The molecule has 0 spiro atoms. The summed E-state index contributed by atoms with van der Waals surface area (Å²) in [5.41, 5.74) is 0.986. The first-order chi connectivity index (χ1) is 9.11. The highest BCUT2D eigenvalue weighted by molar-refractivity contribution is 14.1. The smallest absolute Gasteiger partial charge is 0.225 e. The SMILES string of the molecule is Cc1cc2c(Nc3ccc(I)cc3)nc(Cl)nc2s1. The number of aryl methyl sites for hydroxylation is 1. The van der Waals surface area contributed by atoms with E-state index in [2.05, 4.69) is 50.9 Å². The normalized spacial score (nSPS) is 10.9. The molecule has 0 aliphatic carbocycles. The lowest BCUT2D eigenvalue weighted by Gasteiger charge is -2.07. The summed E-state index contributed by atoms with van der Waals surface area (Å²) in [7, 11) is 0. The summed E-state index contributed by atoms with van der Waals surface area (Å²) in [6.45, 7) is 2.05. The van der Waals surface area contributed by atoms with Crippen molar-refractivity contribution in [3.05, 3.63) is 44.1 Å². The molecule has 3 nitrogen and oxygen atoms in total. The van der Waals surface area contributed by atoms with Gasteiger partial charge in [-0.25, -0.2) is 4.98 Å². The summed E-state index contributed by atoms with van der Waals surface area (Å²) in [6, 6.07) is 10.2. The highest BCUT2D eigenvalue weighted by Gasteiger charge is 2.09. The van der Waals surface area contributed by atoms with Gasteiger partial charge in [-0.05, 0) is 71.4 Å². The monoisotopic (exact) mass is 401 g/mol. The van der Waals surface area contributed by atoms with Crippen molar-refractivity contribution >= 4 is 67.3 Å². The molecule has 0 saturated carbocycles. The van der Waals surface area contributed by atoms with Crippen LogP contribution >= 0.6 is 45.5 Å². The molecule has 3 aromatic rings. The van der Waals surface area contributed by atoms with Crippen LogP contribution in [0.4, 0.5) is 11.5 Å². The van der Waals surface area contributed by atoms with Crippen molar-refractivity contribution in [3.8, 4) is 0 Å². The van der Waals surface area contributed by atoms with Crippen LogP contribution in [0, 0.1) is 10.5 Å². The summed E-state index contributed by atoms with van der Waals surface area (Å²) in [6.07, 6.45) is 0. The molecule has 0 atom stereocenters. The minimum absolute atomic E-state index is 0.266. The Bertz CT molecular complexity index is 739. The van der Waals surface area contributed by atoms with Gasteiger partial charge in [0.2, 0.25) is 5.28 Å². The van der Waals surface area contributed by atoms with E-state index < -0.39 is 0 Å². The lowest BCUT2D eigenvalue weighted by atomic mass is 10.3. The number of benzene rings is 1. The van der Waals surface area contributed by atoms with Crippen LogP contribution in [0.3, 0.4) is 0 Å². The van der Waals surface area contributed by atoms with E-state index in [4.69, 9.17) is 11.6 Å². The Balaban J connectivity index is 2.06. The Labute approximate surface area is 133 Å². The summed E-state index contributed by atoms with van der Waals surface area (Å²) < 4.78 is 1.19. The molecule has 1 aromatic carbocycles. The molecule has 2 heterocycles. The predicted molar refractivity (Wildman–Crippen MR) is 89.6 cm³/mol. The topological polar surface area (TPSA) is 37.8 Å². The zero-order valence-corrected chi connectivity index (χ0v) is 13.7. The van der Waals surface area contributed by atoms with Gasteiger partial charge in [0, 0.05) is 14.1 Å². The van der Waals surface area contributed by atoms with Gasteiger partial charge in [0.15, 0.2) is 0 Å². The molecule has 0 fully saturated rings. The summed E-state index contributed by atoms with van der Waals surface area (Å²) >= 11 is 9.86. The van der Waals surface area contributed by atoms with Crippen LogP contribution in [0.1, 0.15) is 4.88 Å². The molecule has 6 heteroatoms. The van der Waals surface area contributed by atoms with Gasteiger partial charge in [0.05, 0.1) is 5.39 Å². The van der Waals surface area contributed by atoms with E-state index in [1.807, 2.05) is 24.3 Å². The largest absolute Gasteiger partial charge is 0.340 e. The van der Waals surface area contributed by atoms with E-state index in [1.54, 1.807) is 11.3 Å². The third kappa shape index (κ3) is 2.82. The number of nitrogens with one attached hydrogen (secondary N) is 1. The number of aromatic nitrogens is 2. The van der Waals surface area contributed by atoms with Crippen LogP contribution in [-0.2, 0) is 0 Å². The highest BCUT2D eigenvalue weighted by Crippen LogP contribution is 2.31. The number of hydrogen-bond acceptors (Lipinski definition) is 4. The lowest BCUT2D eigenvalue weighted by Crippen LogP contribution is -1.95. The molecule has 1 N–H and O–H groups in total. The quantitative estimate of drug-likeness (QED) is 0.485. The highest BCUT2D eigenvalue weighted by atomic mass is 127. The fourth-order valence-electron chi connectivity index (χ4n) is 1.78. The molecule has 0 aliphatic heterocycles. The van der Waals surface area contributed by atoms with Crippen molar-refractivity contribution in [2.45, 2.75) is 6.92 Å². The number of halogens is 2. The van der Waals surface area contributed by atoms with Crippen LogP contribution in [0.5, 0.6) is 0 Å². The average Bonchev–Trinajstić information content (AvgIpc) is 2.72. The van der Waals surface area contributed by atoms with Crippen molar-refractivity contribution in [1.82, 2.24) is 9.97 Å². The maximum Gasteiger partial charge on any atom is 0.225 e. The number of fused-ring (bicyclic) bond motifs is 1. The molecule has 0 amide bonds. The van der Waals surface area contributed by atoms with Gasteiger partial charge in [0.25, 0.3) is 0 Å². The van der Waals surface area contributed by atoms with Gasteiger partial charge in [-0.1, -0.05) is 0 Å². The van der Waals surface area contributed by atoms with Gasteiger partial charge in [-0.15, -0.1) is 11.3 Å². The maximum atomic E-state index is 5.97. The van der Waals surface area contributed by atoms with E-state index in [-0.39, 0.29) is 5.28 Å². The second kappa shape index (κ2) is 5.22. The molecular weight excluding hydrogens is 393 g/mol. The molecule has 0 saturated heterocycles. The first-order valence-electron chi connectivity index (χ1n) is 5.58. The van der Waals surface area contributed by atoms with Gasteiger partial charge in [-0.2, -0.15) is 4.98 Å². The molecule has 96 valence electrons. The van der Waals surface area contributed by atoms with Crippen LogP contribution in [0.15, 0.2) is 30.3 Å². The van der Waals surface area contributed by atoms with Crippen molar-refractivity contribution in [2.24, 2.45) is 0 Å². The number of thiophene rings is 1. The van der Waals surface area contributed by atoms with Crippen molar-refractivity contribution < 1.29 is 0 Å². The fourth-order valence-corrected chi connectivity index (χ4v) is 3.24. The Morgan fingerprint density at radius 1 is 1.21 bits per heavy atom. The van der Waals surface area contributed by atoms with Crippen LogP contribution in [0.2, 0.25) is 5.28 Å². The number of nitrogens with zero attached hydrogens (tertiary/aromatic N) is 2. The van der Waals surface area contributed by atoms with Crippen molar-refractivity contribution in [2.75, 3.05) is 5.32 Å². The van der Waals surface area contributed by atoms with Gasteiger partial charge < -0.3 is 5.32 Å². The van der Waals surface area contributed by atoms with Crippen LogP contribution in [0.25, 0.3) is 10.2 Å². The molecule has 0 bridgehead atoms. The number of rotatable bonds is 2. The van der Waals surface area contributed by atoms with E-state index in [1.165, 1.54) is 8.45 Å². The second-order valence-corrected chi connectivity index (χ2v) is 6.87. The van der Waals surface area contributed by atoms with Crippen molar-refractivity contribution in [3.63, 3.8) is 0 Å². The summed E-state index contributed by atoms with van der Waals surface area (Å²) in [5, 5.41) is 4.57. The minimum Gasteiger partial charge on any atom is -0.340 e. The molecule has 0 radical (unpaired) electrons. The van der Waals surface area contributed by atoms with E-state index in [0.29, 0.717) is 0 Å². The van der Waals surface area contributed by atoms with Crippen molar-refractivity contribution in [1.29, 1.82) is 0 Å². The molecule has 0 unspecified atom stereocenters. The third-order valence-corrected chi connectivity index (χ3v) is 4.43. The van der Waals surface area contributed by atoms with E-state index in [9.17, 15) is 0 Å². The molecular formula is C13H9ClIN3S. The minimum atomic E-state index is 0.266. The summed E-state index contributed by atoms with van der Waals surface area (Å²) in [5.74, 6) is 0.751. The predicted octanol–water partition coefficient (Wildman–Crippen LogP) is 5.00. The van der Waals surface area contributed by atoms with E-state index >= 15 is 0 Å². The lowest BCUT2D eigenvalue weighted by molar-refractivity contribution is 1.23. The second-order valence-electron chi connectivity index (χ2n) is 4.05. The Hall–Kier alpha value is -0.920. The van der Waals surface area contributed by atoms with Gasteiger partial charge >= 0.3 is 0 Å². The van der Waals surface area contributed by atoms with Crippen LogP contribution in [-0.4, -0.2) is 9.97 Å². The van der Waals surface area contributed by atoms with E-state index in [0.717, 1.165) is 21.7 Å². The first kappa shape index (κ1) is 13.1. The first-order valence-corrected chi connectivity index (χ1v) is 7.85. The zero-order chi connectivity index (χ0) is 13.4. The summed E-state index contributed by atoms with van der Waals surface area (Å²) in [4.78, 5) is 10.6. The Morgan fingerprint density at radius 2 is 1.95 bits per heavy atom. The number of anilines is 2. The molecule has 3 rings (SSSR count). The maximum absolute atomic E-state index is 5.97. The third-order valence-electron chi connectivity index (χ3n) is 2.60. The van der Waals surface area contributed by atoms with Gasteiger partial charge in [0.1, 0.15) is 10.6 Å². The zero-order valence-electron chi connectivity index (χ0n) is 9.95. The average molecular weight is 402 g/mol. The standard InChI is InChI=1S/C13H9ClIN3S/c1-7-6-10-11(17-13(14)18-12(10)19-7)16-9-4-2-8(15)3-5-9/h2-6H,1H3,(H,16,17,18). The van der Waals surface area contributed by atoms with Gasteiger partial charge in [-0.3, -0.25) is 0 Å². The Morgan fingerprint density at radius 3 is 2.68 bits per heavy atom. The molecule has 0 aliphatic rings. The molecule has 19 heavy (non-hydrogen) atoms. The van der Waals surface area contributed by atoms with Crippen LogP contribution < -0.4 is 5.32 Å². The fraction of sp³-hybridized carbons (Fsp3) is 0.0769. The Kier molecular flexibility index (Phi) is 3.60.